The molecule has 0 saturated heterocycles. The Labute approximate surface area is 205 Å². The van der Waals surface area contributed by atoms with Crippen LogP contribution in [0.5, 0.6) is 0 Å². The zero-order valence-electron chi connectivity index (χ0n) is 19.3. The molecule has 0 spiro atoms. The lowest BCUT2D eigenvalue weighted by Gasteiger charge is -2.30. The molecule has 6 heteroatoms. The van der Waals surface area contributed by atoms with Gasteiger partial charge in [0.1, 0.15) is 0 Å². The molecule has 1 heterocycles. The number of aryl methyl sites for hydroxylation is 1. The molecular formula is C29H25NO4S. The number of ether oxygens (including phenoxy) is 1. The van der Waals surface area contributed by atoms with Gasteiger partial charge in [-0.15, -0.1) is 0 Å². The van der Waals surface area contributed by atoms with Gasteiger partial charge in [-0.3, -0.25) is 4.79 Å². The molecule has 1 aliphatic rings. The van der Waals surface area contributed by atoms with Crippen LogP contribution in [-0.4, -0.2) is 31.8 Å². The molecular weight excluding hydrogens is 458 g/mol. The summed E-state index contributed by atoms with van der Waals surface area (Å²) in [6.07, 6.45) is 1.87. The second-order valence-corrected chi connectivity index (χ2v) is 10.4. The Bertz CT molecular complexity index is 1530. The van der Waals surface area contributed by atoms with E-state index in [9.17, 15) is 13.2 Å². The van der Waals surface area contributed by atoms with E-state index in [4.69, 9.17) is 4.74 Å². The highest BCUT2D eigenvalue weighted by molar-refractivity contribution is 7.89. The normalized spacial score (nSPS) is 14.9. The van der Waals surface area contributed by atoms with Crippen molar-refractivity contribution >= 4 is 32.3 Å². The third-order valence-electron chi connectivity index (χ3n) is 6.24. The first-order chi connectivity index (χ1) is 16.9. The first kappa shape index (κ1) is 23.0. The number of hydrogen-bond acceptors (Lipinski definition) is 4. The van der Waals surface area contributed by atoms with Crippen molar-refractivity contribution in [3.05, 3.63) is 119 Å². The predicted octanol–water partition coefficient (Wildman–Crippen LogP) is 5.59. The Morgan fingerprint density at radius 3 is 2.34 bits per heavy atom. The molecule has 4 aromatic carbocycles. The van der Waals surface area contributed by atoms with Crippen LogP contribution in [0.25, 0.3) is 16.3 Å². The molecule has 0 aromatic heterocycles. The van der Waals surface area contributed by atoms with Gasteiger partial charge < -0.3 is 4.74 Å². The smallest absolute Gasteiger partial charge is 0.268 e. The summed E-state index contributed by atoms with van der Waals surface area (Å²) in [6, 6.07) is 27.9. The second kappa shape index (κ2) is 9.49. The maximum absolute atomic E-state index is 13.4. The summed E-state index contributed by atoms with van der Waals surface area (Å²) in [6.45, 7) is 2.57. The molecule has 0 unspecified atom stereocenters. The van der Waals surface area contributed by atoms with Crippen LogP contribution in [-0.2, 0) is 21.4 Å². The van der Waals surface area contributed by atoms with Gasteiger partial charge in [0.25, 0.3) is 15.9 Å². The highest BCUT2D eigenvalue weighted by atomic mass is 32.2. The van der Waals surface area contributed by atoms with Crippen LogP contribution < -0.4 is 0 Å². The number of amides is 1. The van der Waals surface area contributed by atoms with Gasteiger partial charge in [-0.2, -0.15) is 0 Å². The minimum Gasteiger partial charge on any atom is -0.373 e. The Kier molecular flexibility index (Phi) is 6.24. The fourth-order valence-corrected chi connectivity index (χ4v) is 5.71. The van der Waals surface area contributed by atoms with E-state index in [1.165, 1.54) is 12.1 Å². The number of nitrogens with zero attached hydrogens (tertiary/aromatic N) is 1. The number of rotatable bonds is 6. The first-order valence-corrected chi connectivity index (χ1v) is 12.9. The van der Waals surface area contributed by atoms with E-state index in [0.717, 1.165) is 37.3 Å². The number of carbonyl (C=O) groups excluding carboxylic acids is 1. The van der Waals surface area contributed by atoms with Gasteiger partial charge in [0.05, 0.1) is 24.7 Å². The largest absolute Gasteiger partial charge is 0.373 e. The van der Waals surface area contributed by atoms with E-state index >= 15 is 0 Å². The Balaban J connectivity index is 1.40. The molecule has 176 valence electrons. The van der Waals surface area contributed by atoms with Crippen molar-refractivity contribution in [2.24, 2.45) is 0 Å². The highest BCUT2D eigenvalue weighted by Crippen LogP contribution is 2.31. The molecule has 0 N–H and O–H groups in total. The van der Waals surface area contributed by atoms with Gasteiger partial charge in [0, 0.05) is 5.56 Å². The molecule has 1 amide bonds. The van der Waals surface area contributed by atoms with Crippen molar-refractivity contribution in [1.29, 1.82) is 0 Å². The maximum atomic E-state index is 13.4. The van der Waals surface area contributed by atoms with E-state index in [2.05, 4.69) is 18.2 Å². The van der Waals surface area contributed by atoms with E-state index in [1.807, 2.05) is 49.4 Å². The average Bonchev–Trinajstić information content (AvgIpc) is 2.88. The molecule has 0 fully saturated rings. The van der Waals surface area contributed by atoms with E-state index in [1.54, 1.807) is 24.3 Å². The Hall–Kier alpha value is -3.74. The summed E-state index contributed by atoms with van der Waals surface area (Å²) in [5, 5.41) is 2.30. The standard InChI is InChI=1S/C29H25NO4S/c1-21-13-15-25(16-14-21)35(32,33)30-19-23(27-11-4-5-12-28(27)29(30)31)17-18-34-20-24-9-6-8-22-7-2-3-10-26(22)24/h2-17H,18-20H2,1H3/b23-17+. The van der Waals surface area contributed by atoms with Crippen LogP contribution in [0.3, 0.4) is 0 Å². The first-order valence-electron chi connectivity index (χ1n) is 11.4. The number of carbonyl (C=O) groups is 1. The van der Waals surface area contributed by atoms with Crippen molar-refractivity contribution < 1.29 is 17.9 Å². The number of benzene rings is 4. The van der Waals surface area contributed by atoms with Crippen molar-refractivity contribution in [2.75, 3.05) is 13.2 Å². The Morgan fingerprint density at radius 1 is 0.857 bits per heavy atom. The minimum absolute atomic E-state index is 0.0380. The predicted molar refractivity (Wildman–Crippen MR) is 137 cm³/mol. The fraction of sp³-hybridized carbons (Fsp3) is 0.138. The molecule has 4 aromatic rings. The van der Waals surface area contributed by atoms with E-state index in [0.29, 0.717) is 18.8 Å². The van der Waals surface area contributed by atoms with Crippen LogP contribution in [0.15, 0.2) is 102 Å². The Morgan fingerprint density at radius 2 is 1.54 bits per heavy atom. The number of fused-ring (bicyclic) bond motifs is 2. The lowest BCUT2D eigenvalue weighted by molar-refractivity contribution is 0.0866. The van der Waals surface area contributed by atoms with Crippen molar-refractivity contribution in [1.82, 2.24) is 4.31 Å². The van der Waals surface area contributed by atoms with Crippen LogP contribution in [0.4, 0.5) is 0 Å². The zero-order chi connectivity index (χ0) is 24.4. The zero-order valence-corrected chi connectivity index (χ0v) is 20.2. The summed E-state index contributed by atoms with van der Waals surface area (Å²) < 4.78 is 33.6. The molecule has 5 nitrogen and oxygen atoms in total. The van der Waals surface area contributed by atoms with Gasteiger partial charge in [-0.1, -0.05) is 84.4 Å². The molecule has 0 aliphatic carbocycles. The second-order valence-electron chi connectivity index (χ2n) is 8.56. The van der Waals surface area contributed by atoms with Crippen molar-refractivity contribution in [3.8, 4) is 0 Å². The lowest BCUT2D eigenvalue weighted by atomic mass is 9.95. The molecule has 5 rings (SSSR count). The maximum Gasteiger partial charge on any atom is 0.268 e. The summed E-state index contributed by atoms with van der Waals surface area (Å²) >= 11 is 0. The van der Waals surface area contributed by atoms with Crippen LogP contribution >= 0.6 is 0 Å². The monoisotopic (exact) mass is 483 g/mol. The summed E-state index contributed by atoms with van der Waals surface area (Å²) in [5.74, 6) is -0.519. The molecule has 0 radical (unpaired) electrons. The van der Waals surface area contributed by atoms with E-state index in [-0.39, 0.29) is 11.4 Å². The SMILES string of the molecule is Cc1ccc(S(=O)(=O)N2C/C(=C\COCc3cccc4ccccc34)c3ccccc3C2=O)cc1. The topological polar surface area (TPSA) is 63.7 Å². The summed E-state index contributed by atoms with van der Waals surface area (Å²) in [4.78, 5) is 13.3. The van der Waals surface area contributed by atoms with Crippen LogP contribution in [0, 0.1) is 6.92 Å². The third kappa shape index (κ3) is 4.50. The quantitative estimate of drug-likeness (QED) is 0.335. The molecule has 1 aliphatic heterocycles. The lowest BCUT2D eigenvalue weighted by Crippen LogP contribution is -2.41. The minimum atomic E-state index is -4.00. The molecule has 0 saturated carbocycles. The van der Waals surface area contributed by atoms with Gasteiger partial charge in [0.15, 0.2) is 0 Å². The van der Waals surface area contributed by atoms with Gasteiger partial charge in [0.2, 0.25) is 0 Å². The van der Waals surface area contributed by atoms with Crippen LogP contribution in [0.1, 0.15) is 27.0 Å². The highest BCUT2D eigenvalue weighted by Gasteiger charge is 2.36. The van der Waals surface area contributed by atoms with Gasteiger partial charge in [-0.05, 0) is 52.6 Å². The average molecular weight is 484 g/mol. The number of sulfonamides is 1. The molecule has 35 heavy (non-hydrogen) atoms. The third-order valence-corrected chi connectivity index (χ3v) is 7.98. The van der Waals surface area contributed by atoms with Crippen LogP contribution in [0.2, 0.25) is 0 Å². The summed E-state index contributed by atoms with van der Waals surface area (Å²) in [5.41, 5.74) is 3.89. The fourth-order valence-electron chi connectivity index (χ4n) is 4.35. The van der Waals surface area contributed by atoms with Crippen molar-refractivity contribution in [2.45, 2.75) is 18.4 Å². The van der Waals surface area contributed by atoms with Gasteiger partial charge >= 0.3 is 0 Å². The molecule has 0 atom stereocenters. The van der Waals surface area contributed by atoms with Crippen molar-refractivity contribution in [3.63, 3.8) is 0 Å². The van der Waals surface area contributed by atoms with Gasteiger partial charge in [-0.25, -0.2) is 12.7 Å². The summed E-state index contributed by atoms with van der Waals surface area (Å²) in [7, 11) is -4.00. The molecule has 0 bridgehead atoms. The van der Waals surface area contributed by atoms with E-state index < -0.39 is 15.9 Å². The number of hydrogen-bond donors (Lipinski definition) is 0.